The van der Waals surface area contributed by atoms with Crippen LogP contribution >= 0.6 is 0 Å². The van der Waals surface area contributed by atoms with Crippen molar-refractivity contribution in [3.05, 3.63) is 23.3 Å². The van der Waals surface area contributed by atoms with Gasteiger partial charge in [-0.2, -0.15) is 0 Å². The van der Waals surface area contributed by atoms with Crippen LogP contribution in [0.15, 0.2) is 12.1 Å². The summed E-state index contributed by atoms with van der Waals surface area (Å²) in [6.45, 7) is 2.98. The van der Waals surface area contributed by atoms with Crippen molar-refractivity contribution in [3.63, 3.8) is 0 Å². The van der Waals surface area contributed by atoms with Crippen molar-refractivity contribution in [3.8, 4) is 45.6 Å². The Labute approximate surface area is 169 Å². The van der Waals surface area contributed by atoms with Crippen molar-refractivity contribution in [2.24, 2.45) is 11.8 Å². The Kier molecular flexibility index (Phi) is 4.17. The fourth-order valence-corrected chi connectivity index (χ4v) is 4.85. The second-order valence-electron chi connectivity index (χ2n) is 7.68. The maximum Gasteiger partial charge on any atom is 0.231 e. The average molecular weight is 400 g/mol. The summed E-state index contributed by atoms with van der Waals surface area (Å²) in [7, 11) is 4.66. The van der Waals surface area contributed by atoms with Gasteiger partial charge in [-0.15, -0.1) is 0 Å². The first kappa shape index (κ1) is 18.2. The van der Waals surface area contributed by atoms with Crippen molar-refractivity contribution in [2.45, 2.75) is 19.4 Å². The number of methoxy groups -OCH3 is 3. The lowest BCUT2D eigenvalue weighted by molar-refractivity contribution is 0.0936. The van der Waals surface area contributed by atoms with Gasteiger partial charge in [0.25, 0.3) is 0 Å². The van der Waals surface area contributed by atoms with E-state index < -0.39 is 0 Å². The molecule has 2 aromatic rings. The minimum Gasteiger partial charge on any atom is -0.504 e. The smallest absolute Gasteiger partial charge is 0.231 e. The van der Waals surface area contributed by atoms with Crippen LogP contribution in [0.1, 0.15) is 24.2 Å². The Hall–Kier alpha value is -2.80. The first-order valence-corrected chi connectivity index (χ1v) is 9.68. The number of phenols is 1. The van der Waals surface area contributed by atoms with Gasteiger partial charge in [-0.1, -0.05) is 6.92 Å². The highest BCUT2D eigenvalue weighted by atomic mass is 16.7. The van der Waals surface area contributed by atoms with E-state index in [4.69, 9.17) is 28.4 Å². The molecule has 0 aromatic heterocycles. The molecule has 0 radical (unpaired) electrons. The lowest BCUT2D eigenvalue weighted by Crippen LogP contribution is -2.18. The highest BCUT2D eigenvalue weighted by Gasteiger charge is 2.42. The highest BCUT2D eigenvalue weighted by Crippen LogP contribution is 2.59. The normalized spacial score (nSPS) is 23.7. The molecule has 1 aliphatic carbocycles. The molecule has 5 rings (SSSR count). The van der Waals surface area contributed by atoms with E-state index in [1.54, 1.807) is 14.2 Å². The summed E-state index contributed by atoms with van der Waals surface area (Å²) in [6, 6.07) is 3.89. The van der Waals surface area contributed by atoms with Gasteiger partial charge in [-0.3, -0.25) is 0 Å². The van der Waals surface area contributed by atoms with Crippen molar-refractivity contribution in [1.29, 1.82) is 0 Å². The van der Waals surface area contributed by atoms with Crippen LogP contribution in [-0.4, -0.2) is 39.8 Å². The molecular weight excluding hydrogens is 376 g/mol. The van der Waals surface area contributed by atoms with Crippen molar-refractivity contribution in [1.82, 2.24) is 0 Å². The highest BCUT2D eigenvalue weighted by molar-refractivity contribution is 5.88. The second kappa shape index (κ2) is 6.62. The van der Waals surface area contributed by atoms with E-state index in [1.807, 2.05) is 12.1 Å². The number of phenolic OH excluding ortho intramolecular Hbond substituents is 1. The van der Waals surface area contributed by atoms with Crippen molar-refractivity contribution >= 4 is 0 Å². The molecule has 3 atom stereocenters. The minimum absolute atomic E-state index is 0.00131. The maximum absolute atomic E-state index is 11.3. The van der Waals surface area contributed by atoms with Crippen LogP contribution in [0.5, 0.6) is 34.5 Å². The molecule has 0 amide bonds. The quantitative estimate of drug-likeness (QED) is 0.842. The number of benzene rings is 2. The Morgan fingerprint density at radius 1 is 1.00 bits per heavy atom. The molecule has 7 heteroatoms. The van der Waals surface area contributed by atoms with Crippen LogP contribution in [0.3, 0.4) is 0 Å². The van der Waals surface area contributed by atoms with E-state index >= 15 is 0 Å². The fourth-order valence-electron chi connectivity index (χ4n) is 4.85. The van der Waals surface area contributed by atoms with Crippen LogP contribution in [0.2, 0.25) is 0 Å². The molecule has 0 unspecified atom stereocenters. The summed E-state index contributed by atoms with van der Waals surface area (Å²) in [5.41, 5.74) is 3.30. The SMILES string of the molecule is COc1cc2c(c(O)c1OC)-c1c(cc3c(c1OC)OCO3)C[C@H]1CO[C@@H]2[C@@H]1C. The summed E-state index contributed by atoms with van der Waals surface area (Å²) in [6.07, 6.45) is 0.622. The van der Waals surface area contributed by atoms with Crippen LogP contribution in [0, 0.1) is 11.8 Å². The van der Waals surface area contributed by atoms with E-state index in [0.717, 1.165) is 23.1 Å². The maximum atomic E-state index is 11.3. The van der Waals surface area contributed by atoms with E-state index in [1.165, 1.54) is 7.11 Å². The Bertz CT molecular complexity index is 984. The first-order valence-electron chi connectivity index (χ1n) is 9.68. The summed E-state index contributed by atoms with van der Waals surface area (Å²) in [5, 5.41) is 11.3. The summed E-state index contributed by atoms with van der Waals surface area (Å²) in [4.78, 5) is 0. The summed E-state index contributed by atoms with van der Waals surface area (Å²) >= 11 is 0. The topological polar surface area (TPSA) is 75.6 Å². The van der Waals surface area contributed by atoms with Gasteiger partial charge < -0.3 is 33.5 Å². The summed E-state index contributed by atoms with van der Waals surface area (Å²) in [5.74, 6) is 3.11. The number of hydrogen-bond donors (Lipinski definition) is 1. The molecule has 2 heterocycles. The van der Waals surface area contributed by atoms with E-state index in [9.17, 15) is 5.11 Å². The van der Waals surface area contributed by atoms with Crippen molar-refractivity contribution in [2.75, 3.05) is 34.7 Å². The van der Waals surface area contributed by atoms with Crippen molar-refractivity contribution < 1.29 is 33.5 Å². The third kappa shape index (κ3) is 2.46. The second-order valence-corrected chi connectivity index (χ2v) is 7.68. The number of aromatic hydroxyl groups is 1. The largest absolute Gasteiger partial charge is 0.504 e. The number of fused-ring (bicyclic) bond motifs is 7. The number of ether oxygens (including phenoxy) is 6. The standard InChI is InChI=1S/C22H24O7/c1-10-12-5-11-6-15-21(29-9-28-15)22(26-4)16(11)17-13(19(10)27-8-12)7-14(24-2)20(25-3)18(17)23/h6-7,10,12,19,23H,5,8-9H2,1-4H3/t10-,12+,19-/m1/s1. The first-order chi connectivity index (χ1) is 14.1. The van der Waals surface area contributed by atoms with Crippen LogP contribution in [0.4, 0.5) is 0 Å². The zero-order valence-electron chi connectivity index (χ0n) is 16.9. The van der Waals surface area contributed by atoms with Gasteiger partial charge >= 0.3 is 0 Å². The zero-order chi connectivity index (χ0) is 20.3. The van der Waals surface area contributed by atoms with Crippen LogP contribution in [0.25, 0.3) is 11.1 Å². The minimum atomic E-state index is -0.163. The molecule has 154 valence electrons. The molecule has 2 aromatic carbocycles. The fraction of sp³-hybridized carbons (Fsp3) is 0.455. The average Bonchev–Trinajstić information content (AvgIpc) is 3.34. The van der Waals surface area contributed by atoms with E-state index in [0.29, 0.717) is 41.1 Å². The molecule has 7 nitrogen and oxygen atoms in total. The van der Waals surface area contributed by atoms with Gasteiger partial charge in [-0.25, -0.2) is 0 Å². The molecule has 3 aliphatic rings. The van der Waals surface area contributed by atoms with Gasteiger partial charge in [-0.05, 0) is 41.5 Å². The van der Waals surface area contributed by atoms with Gasteiger partial charge in [0.05, 0.1) is 34.0 Å². The predicted molar refractivity (Wildman–Crippen MR) is 104 cm³/mol. The van der Waals surface area contributed by atoms with Gasteiger partial charge in [0, 0.05) is 11.1 Å². The number of rotatable bonds is 3. The predicted octanol–water partition coefficient (Wildman–Crippen LogP) is 3.69. The Morgan fingerprint density at radius 3 is 2.52 bits per heavy atom. The molecule has 1 saturated heterocycles. The Morgan fingerprint density at radius 2 is 1.79 bits per heavy atom. The lowest BCUT2D eigenvalue weighted by atomic mass is 9.77. The third-order valence-corrected chi connectivity index (χ3v) is 6.33. The zero-order valence-corrected chi connectivity index (χ0v) is 16.9. The van der Waals surface area contributed by atoms with E-state index in [-0.39, 0.29) is 30.3 Å². The van der Waals surface area contributed by atoms with E-state index in [2.05, 4.69) is 6.92 Å². The molecule has 2 bridgehead atoms. The van der Waals surface area contributed by atoms with Gasteiger partial charge in [0.2, 0.25) is 18.3 Å². The van der Waals surface area contributed by atoms with Crippen LogP contribution in [-0.2, 0) is 11.2 Å². The lowest BCUT2D eigenvalue weighted by Gasteiger charge is -2.29. The molecule has 0 saturated carbocycles. The van der Waals surface area contributed by atoms with Gasteiger partial charge in [0.15, 0.2) is 23.0 Å². The molecular formula is C22H24O7. The number of hydrogen-bond acceptors (Lipinski definition) is 7. The monoisotopic (exact) mass is 400 g/mol. The van der Waals surface area contributed by atoms with Gasteiger partial charge in [0.1, 0.15) is 0 Å². The van der Waals surface area contributed by atoms with Crippen LogP contribution < -0.4 is 23.7 Å². The molecule has 1 fully saturated rings. The summed E-state index contributed by atoms with van der Waals surface area (Å²) < 4.78 is 34.3. The molecule has 29 heavy (non-hydrogen) atoms. The molecule has 2 aliphatic heterocycles. The molecule has 1 N–H and O–H groups in total. The Balaban J connectivity index is 1.90. The third-order valence-electron chi connectivity index (χ3n) is 6.33. The molecule has 0 spiro atoms.